The first kappa shape index (κ1) is 9.17. The Morgan fingerprint density at radius 3 is 2.31 bits per heavy atom. The molecule has 0 unspecified atom stereocenters. The maximum absolute atomic E-state index is 4.62. The highest BCUT2D eigenvalue weighted by molar-refractivity contribution is 5.80. The van der Waals surface area contributed by atoms with Gasteiger partial charge in [0.2, 0.25) is 5.88 Å². The number of rotatable bonds is 0. The van der Waals surface area contributed by atoms with Crippen molar-refractivity contribution in [3.8, 4) is 0 Å². The van der Waals surface area contributed by atoms with Crippen LogP contribution in [0.1, 0.15) is 12.7 Å². The number of nitrogens with one attached hydrogen (secondary N) is 2. The lowest BCUT2D eigenvalue weighted by Crippen LogP contribution is -2.11. The molecular weight excluding hydrogens is 172 g/mol. The van der Waals surface area contributed by atoms with E-state index in [1.54, 1.807) is 13.8 Å². The van der Waals surface area contributed by atoms with Crippen molar-refractivity contribution in [3.63, 3.8) is 0 Å². The predicted molar refractivity (Wildman–Crippen MR) is 45.4 cm³/mol. The van der Waals surface area contributed by atoms with Gasteiger partial charge in [0.15, 0.2) is 5.82 Å². The molecule has 7 nitrogen and oxygen atoms in total. The van der Waals surface area contributed by atoms with Gasteiger partial charge >= 0.3 is 0 Å². The summed E-state index contributed by atoms with van der Waals surface area (Å²) < 4.78 is 0. The van der Waals surface area contributed by atoms with Crippen molar-refractivity contribution in [1.29, 1.82) is 0 Å². The van der Waals surface area contributed by atoms with Crippen molar-refractivity contribution in [3.05, 3.63) is 18.3 Å². The molecule has 70 valence electrons. The molecule has 1 aliphatic heterocycles. The normalized spacial score (nSPS) is 13.7. The topological polar surface area (TPSA) is 88.1 Å². The molecular formula is C6H10N6O. The molecule has 0 amide bonds. The van der Waals surface area contributed by atoms with Gasteiger partial charge in [0.05, 0.1) is 0 Å². The molecule has 0 saturated heterocycles. The third-order valence-electron chi connectivity index (χ3n) is 1.06. The van der Waals surface area contributed by atoms with Crippen molar-refractivity contribution >= 4 is 5.84 Å². The van der Waals surface area contributed by atoms with Crippen LogP contribution < -0.4 is 5.48 Å². The minimum Gasteiger partial charge on any atom is -0.361 e. The highest BCUT2D eigenvalue weighted by Gasteiger charge is 2.01. The van der Waals surface area contributed by atoms with E-state index < -0.39 is 0 Å². The van der Waals surface area contributed by atoms with Gasteiger partial charge in [-0.1, -0.05) is 5.21 Å². The molecule has 0 saturated carbocycles. The van der Waals surface area contributed by atoms with Crippen molar-refractivity contribution in [2.75, 3.05) is 0 Å². The van der Waals surface area contributed by atoms with Gasteiger partial charge in [-0.3, -0.25) is 0 Å². The predicted octanol–water partition coefficient (Wildman–Crippen LogP) is -0.0811. The Morgan fingerprint density at radius 1 is 1.38 bits per heavy atom. The lowest BCUT2D eigenvalue weighted by Gasteiger charge is -1.89. The number of hydrogen-bond acceptors (Lipinski definition) is 6. The van der Waals surface area contributed by atoms with E-state index in [1.807, 2.05) is 0 Å². The Hall–Kier alpha value is -1.92. The van der Waals surface area contributed by atoms with Gasteiger partial charge in [0.25, 0.3) is 0 Å². The molecule has 1 aromatic rings. The summed E-state index contributed by atoms with van der Waals surface area (Å²) in [6, 6.07) is 0. The lowest BCUT2D eigenvalue weighted by molar-refractivity contribution is 0.178. The van der Waals surface area contributed by atoms with E-state index in [4.69, 9.17) is 0 Å². The Labute approximate surface area is 74.9 Å². The maximum Gasteiger partial charge on any atom is 0.240 e. The van der Waals surface area contributed by atoms with Crippen LogP contribution in [0.15, 0.2) is 17.5 Å². The first-order valence-electron chi connectivity index (χ1n) is 3.55. The van der Waals surface area contributed by atoms with Gasteiger partial charge in [-0.2, -0.15) is 10.2 Å². The van der Waals surface area contributed by atoms with Gasteiger partial charge in [0, 0.05) is 0 Å². The zero-order valence-corrected chi connectivity index (χ0v) is 7.40. The summed E-state index contributed by atoms with van der Waals surface area (Å²) in [6.45, 7) is 7.00. The highest BCUT2D eigenvalue weighted by Crippen LogP contribution is 1.98. The zero-order valence-electron chi connectivity index (χ0n) is 7.40. The van der Waals surface area contributed by atoms with Crippen LogP contribution in [-0.2, 0) is 4.84 Å². The molecule has 1 aliphatic rings. The van der Waals surface area contributed by atoms with Crippen LogP contribution in [0.3, 0.4) is 0 Å². The van der Waals surface area contributed by atoms with Crippen LogP contribution in [0.2, 0.25) is 0 Å². The van der Waals surface area contributed by atoms with Crippen molar-refractivity contribution in [2.24, 2.45) is 4.99 Å². The number of hydrogen-bond donors (Lipinski definition) is 2. The SMILES string of the molecule is C=C1N=C(C)NO1.Cc1nn[nH]n1. The number of aryl methyl sites for hydroxylation is 1. The quantitative estimate of drug-likeness (QED) is 0.585. The third-order valence-corrected chi connectivity index (χ3v) is 1.06. The number of hydroxylamine groups is 1. The Bertz CT molecular complexity index is 303. The smallest absolute Gasteiger partial charge is 0.240 e. The van der Waals surface area contributed by atoms with Crippen LogP contribution in [0.25, 0.3) is 0 Å². The summed E-state index contributed by atoms with van der Waals surface area (Å²) in [4.78, 5) is 8.39. The van der Waals surface area contributed by atoms with Gasteiger partial charge in [0.1, 0.15) is 5.84 Å². The van der Waals surface area contributed by atoms with Crippen molar-refractivity contribution in [1.82, 2.24) is 26.1 Å². The standard InChI is InChI=1S/C4H6N2O.C2H4N4/c1-3-5-4(2)7-6-3;1-2-3-5-6-4-2/h2H2,1H3,(H,5,6);1H3,(H,3,4,5,6). The van der Waals surface area contributed by atoms with E-state index >= 15 is 0 Å². The molecule has 0 fully saturated rings. The average Bonchev–Trinajstić information content (AvgIpc) is 2.64. The van der Waals surface area contributed by atoms with E-state index in [-0.39, 0.29) is 0 Å². The molecule has 0 aliphatic carbocycles. The summed E-state index contributed by atoms with van der Waals surface area (Å²) in [5.41, 5.74) is 2.52. The van der Waals surface area contributed by atoms with Gasteiger partial charge in [-0.25, -0.2) is 5.48 Å². The molecule has 0 aromatic carbocycles. The van der Waals surface area contributed by atoms with E-state index in [2.05, 4.69) is 42.5 Å². The van der Waals surface area contributed by atoms with Crippen molar-refractivity contribution in [2.45, 2.75) is 13.8 Å². The first-order valence-corrected chi connectivity index (χ1v) is 3.55. The molecule has 13 heavy (non-hydrogen) atoms. The molecule has 2 N–H and O–H groups in total. The molecule has 0 spiro atoms. The number of aromatic amines is 1. The van der Waals surface area contributed by atoms with Gasteiger partial charge in [-0.15, -0.1) is 10.2 Å². The molecule has 0 atom stereocenters. The summed E-state index contributed by atoms with van der Waals surface area (Å²) in [6.07, 6.45) is 0. The van der Waals surface area contributed by atoms with Crippen molar-refractivity contribution < 1.29 is 4.84 Å². The third kappa shape index (κ3) is 3.32. The summed E-state index contributed by atoms with van der Waals surface area (Å²) in [5.74, 6) is 1.86. The summed E-state index contributed by atoms with van der Waals surface area (Å²) >= 11 is 0. The molecule has 2 heterocycles. The number of tetrazole rings is 1. The minimum absolute atomic E-state index is 0.428. The lowest BCUT2D eigenvalue weighted by atomic mass is 10.7. The maximum atomic E-state index is 4.62. The van der Waals surface area contributed by atoms with E-state index in [1.165, 1.54) is 0 Å². The van der Waals surface area contributed by atoms with Crippen LogP contribution >= 0.6 is 0 Å². The second kappa shape index (κ2) is 4.19. The fourth-order valence-corrected chi connectivity index (χ4v) is 0.577. The summed E-state index contributed by atoms with van der Waals surface area (Å²) in [7, 11) is 0. The summed E-state index contributed by atoms with van der Waals surface area (Å²) in [5, 5.41) is 12.7. The van der Waals surface area contributed by atoms with Crippen LogP contribution in [0.5, 0.6) is 0 Å². The number of H-pyrrole nitrogens is 1. The monoisotopic (exact) mass is 182 g/mol. The van der Waals surface area contributed by atoms with E-state index in [9.17, 15) is 0 Å². The number of aromatic nitrogens is 4. The number of aliphatic imine (C=N–C) groups is 1. The second-order valence-electron chi connectivity index (χ2n) is 2.25. The Balaban J connectivity index is 0.000000132. The Morgan fingerprint density at radius 2 is 2.15 bits per heavy atom. The zero-order chi connectivity index (χ0) is 9.68. The van der Waals surface area contributed by atoms with Gasteiger partial charge in [-0.05, 0) is 20.4 Å². The van der Waals surface area contributed by atoms with E-state index in [0.717, 1.165) is 5.84 Å². The van der Waals surface area contributed by atoms with Crippen LogP contribution in [0.4, 0.5) is 0 Å². The fraction of sp³-hybridized carbons (Fsp3) is 0.333. The minimum atomic E-state index is 0.428. The molecule has 0 radical (unpaired) electrons. The van der Waals surface area contributed by atoms with Gasteiger partial charge < -0.3 is 4.84 Å². The number of nitrogens with zero attached hydrogens (tertiary/aromatic N) is 4. The number of amidine groups is 1. The fourth-order valence-electron chi connectivity index (χ4n) is 0.577. The molecule has 2 rings (SSSR count). The highest BCUT2D eigenvalue weighted by atomic mass is 16.7. The first-order chi connectivity index (χ1) is 6.18. The average molecular weight is 182 g/mol. The Kier molecular flexibility index (Phi) is 2.96. The second-order valence-corrected chi connectivity index (χ2v) is 2.25. The molecule has 7 heteroatoms. The molecule has 0 bridgehead atoms. The molecule has 1 aromatic heterocycles. The van der Waals surface area contributed by atoms with E-state index in [0.29, 0.717) is 11.7 Å². The van der Waals surface area contributed by atoms with Crippen LogP contribution in [-0.4, -0.2) is 26.5 Å². The van der Waals surface area contributed by atoms with Crippen LogP contribution in [0, 0.1) is 6.92 Å². The largest absolute Gasteiger partial charge is 0.361 e.